The molecule has 0 aliphatic carbocycles. The second kappa shape index (κ2) is 13.5. The van der Waals surface area contributed by atoms with Crippen LogP contribution in [-0.4, -0.2) is 34.2 Å². The maximum absolute atomic E-state index is 13.3. The summed E-state index contributed by atoms with van der Waals surface area (Å²) in [6, 6.07) is 27.1. The van der Waals surface area contributed by atoms with E-state index in [1.54, 1.807) is 72.8 Å². The zero-order chi connectivity index (χ0) is 28.5. The average molecular weight is 643 g/mol. The monoisotopic (exact) mass is 641 g/mol. The molecule has 1 N–H and O–H groups in total. The molecular formula is C29H25BrClN3O5S. The maximum atomic E-state index is 13.3. The highest BCUT2D eigenvalue weighted by Gasteiger charge is 2.26. The summed E-state index contributed by atoms with van der Waals surface area (Å²) in [7, 11) is -2.48. The first-order chi connectivity index (χ1) is 19.3. The van der Waals surface area contributed by atoms with E-state index in [1.807, 2.05) is 12.1 Å². The van der Waals surface area contributed by atoms with Gasteiger partial charge in [0.2, 0.25) is 0 Å². The van der Waals surface area contributed by atoms with E-state index in [-0.39, 0.29) is 4.90 Å². The number of hydrogen-bond acceptors (Lipinski definition) is 6. The van der Waals surface area contributed by atoms with Crippen LogP contribution >= 0.6 is 27.5 Å². The van der Waals surface area contributed by atoms with Gasteiger partial charge in [0.25, 0.3) is 15.9 Å². The Hall–Kier alpha value is -3.86. The van der Waals surface area contributed by atoms with Crippen LogP contribution in [-0.2, 0) is 21.4 Å². The van der Waals surface area contributed by atoms with Crippen LogP contribution in [0.4, 0.5) is 5.69 Å². The Labute approximate surface area is 246 Å². The minimum Gasteiger partial charge on any atom is -0.493 e. The number of sulfonamides is 1. The number of halogens is 2. The number of benzene rings is 4. The smallest absolute Gasteiger partial charge is 0.264 e. The molecule has 0 aliphatic heterocycles. The topological polar surface area (TPSA) is 97.3 Å². The predicted molar refractivity (Wildman–Crippen MR) is 160 cm³/mol. The molecular weight excluding hydrogens is 618 g/mol. The van der Waals surface area contributed by atoms with Crippen molar-refractivity contribution in [2.45, 2.75) is 11.5 Å². The van der Waals surface area contributed by atoms with Gasteiger partial charge >= 0.3 is 0 Å². The summed E-state index contributed by atoms with van der Waals surface area (Å²) in [5, 5.41) is 4.66. The summed E-state index contributed by atoms with van der Waals surface area (Å²) in [5.74, 6) is 0.345. The van der Waals surface area contributed by atoms with Gasteiger partial charge in [-0.1, -0.05) is 60.1 Å². The van der Waals surface area contributed by atoms with Crippen molar-refractivity contribution in [2.75, 3.05) is 18.0 Å². The fraction of sp³-hybridized carbons (Fsp3) is 0.103. The van der Waals surface area contributed by atoms with Gasteiger partial charge < -0.3 is 9.47 Å². The van der Waals surface area contributed by atoms with E-state index < -0.39 is 22.5 Å². The van der Waals surface area contributed by atoms with Crippen LogP contribution in [0.3, 0.4) is 0 Å². The van der Waals surface area contributed by atoms with Crippen molar-refractivity contribution < 1.29 is 22.7 Å². The molecule has 0 atom stereocenters. The van der Waals surface area contributed by atoms with Gasteiger partial charge in [0.1, 0.15) is 13.2 Å². The number of anilines is 1. The van der Waals surface area contributed by atoms with Crippen LogP contribution in [0.15, 0.2) is 112 Å². The van der Waals surface area contributed by atoms with Crippen LogP contribution in [0.2, 0.25) is 5.02 Å². The van der Waals surface area contributed by atoms with Gasteiger partial charge in [0, 0.05) is 5.02 Å². The molecule has 0 saturated carbocycles. The summed E-state index contributed by atoms with van der Waals surface area (Å²) >= 11 is 9.44. The van der Waals surface area contributed by atoms with Crippen molar-refractivity contribution in [2.24, 2.45) is 5.10 Å². The second-order valence-corrected chi connectivity index (χ2v) is 11.6. The predicted octanol–water partition coefficient (Wildman–Crippen LogP) is 6.04. The quantitative estimate of drug-likeness (QED) is 0.159. The molecule has 0 unspecified atom stereocenters. The zero-order valence-corrected chi connectivity index (χ0v) is 24.5. The van der Waals surface area contributed by atoms with Crippen LogP contribution in [0.1, 0.15) is 11.1 Å². The van der Waals surface area contributed by atoms with Gasteiger partial charge in [-0.05, 0) is 75.6 Å². The highest BCUT2D eigenvalue weighted by Crippen LogP contribution is 2.37. The molecule has 0 radical (unpaired) electrons. The molecule has 4 aromatic carbocycles. The number of nitrogens with zero attached hydrogens (tertiary/aromatic N) is 2. The fourth-order valence-electron chi connectivity index (χ4n) is 3.66. The number of amides is 1. The highest BCUT2D eigenvalue weighted by atomic mass is 79.9. The Kier molecular flexibility index (Phi) is 9.81. The molecule has 0 spiro atoms. The van der Waals surface area contributed by atoms with Gasteiger partial charge in [-0.25, -0.2) is 13.8 Å². The number of hydrazone groups is 1. The van der Waals surface area contributed by atoms with E-state index in [2.05, 4.69) is 26.5 Å². The van der Waals surface area contributed by atoms with Gasteiger partial charge in [0.05, 0.1) is 28.4 Å². The molecule has 0 bridgehead atoms. The van der Waals surface area contributed by atoms with E-state index in [0.29, 0.717) is 38.9 Å². The number of carbonyl (C=O) groups is 1. The van der Waals surface area contributed by atoms with Crippen molar-refractivity contribution in [3.8, 4) is 11.5 Å². The highest BCUT2D eigenvalue weighted by molar-refractivity contribution is 9.10. The largest absolute Gasteiger partial charge is 0.493 e. The average Bonchev–Trinajstić information content (AvgIpc) is 2.97. The molecule has 40 heavy (non-hydrogen) atoms. The Balaban J connectivity index is 1.46. The van der Waals surface area contributed by atoms with Crippen molar-refractivity contribution >= 4 is 55.4 Å². The minimum absolute atomic E-state index is 0.0745. The van der Waals surface area contributed by atoms with E-state index in [1.165, 1.54) is 25.5 Å². The molecule has 11 heteroatoms. The van der Waals surface area contributed by atoms with Gasteiger partial charge in [-0.15, -0.1) is 0 Å². The third-order valence-electron chi connectivity index (χ3n) is 5.61. The summed E-state index contributed by atoms with van der Waals surface area (Å²) < 4.78 is 39.8. The van der Waals surface area contributed by atoms with Crippen LogP contribution in [0, 0.1) is 0 Å². The number of methoxy groups -OCH3 is 1. The number of rotatable bonds is 11. The van der Waals surface area contributed by atoms with Gasteiger partial charge in [-0.3, -0.25) is 9.10 Å². The maximum Gasteiger partial charge on any atom is 0.264 e. The Bertz CT molecular complexity index is 1590. The molecule has 1 amide bonds. The minimum atomic E-state index is -4.00. The molecule has 0 saturated heterocycles. The SMILES string of the molecule is COc1cc(/C=N\NC(=O)CN(c2ccccc2)S(=O)(=O)c2ccccc2)cc(Br)c1OCc1ccc(Cl)cc1. The van der Waals surface area contributed by atoms with Crippen LogP contribution < -0.4 is 19.2 Å². The van der Waals surface area contributed by atoms with Crippen molar-refractivity contribution in [3.05, 3.63) is 118 Å². The molecule has 0 aromatic heterocycles. The molecule has 0 heterocycles. The Morgan fingerprint density at radius 1 is 1.00 bits per heavy atom. The second-order valence-electron chi connectivity index (χ2n) is 8.40. The lowest BCUT2D eigenvalue weighted by Gasteiger charge is -2.23. The first-order valence-corrected chi connectivity index (χ1v) is 14.6. The van der Waals surface area contributed by atoms with Crippen LogP contribution in [0.5, 0.6) is 11.5 Å². The Morgan fingerprint density at radius 2 is 1.65 bits per heavy atom. The first kappa shape index (κ1) is 29.1. The lowest BCUT2D eigenvalue weighted by Crippen LogP contribution is -2.39. The van der Waals surface area contributed by atoms with Crippen LogP contribution in [0.25, 0.3) is 0 Å². The third kappa shape index (κ3) is 7.41. The zero-order valence-electron chi connectivity index (χ0n) is 21.3. The third-order valence-corrected chi connectivity index (χ3v) is 8.24. The molecule has 0 fully saturated rings. The number of nitrogens with one attached hydrogen (secondary N) is 1. The van der Waals surface area contributed by atoms with Crippen molar-refractivity contribution in [1.29, 1.82) is 0 Å². The van der Waals surface area contributed by atoms with E-state index in [4.69, 9.17) is 21.1 Å². The summed E-state index contributed by atoms with van der Waals surface area (Å²) in [6.07, 6.45) is 1.42. The fourth-order valence-corrected chi connectivity index (χ4v) is 5.81. The van der Waals surface area contributed by atoms with Crippen molar-refractivity contribution in [3.63, 3.8) is 0 Å². The lowest BCUT2D eigenvalue weighted by molar-refractivity contribution is -0.119. The van der Waals surface area contributed by atoms with Crippen molar-refractivity contribution in [1.82, 2.24) is 5.43 Å². The number of hydrogen-bond donors (Lipinski definition) is 1. The lowest BCUT2D eigenvalue weighted by atomic mass is 10.2. The van der Waals surface area contributed by atoms with E-state index in [9.17, 15) is 13.2 Å². The summed E-state index contributed by atoms with van der Waals surface area (Å²) in [5.41, 5.74) is 4.31. The van der Waals surface area contributed by atoms with E-state index in [0.717, 1.165) is 9.87 Å². The molecule has 4 rings (SSSR count). The van der Waals surface area contributed by atoms with E-state index >= 15 is 0 Å². The molecule has 8 nitrogen and oxygen atoms in total. The first-order valence-electron chi connectivity index (χ1n) is 12.0. The number of carbonyl (C=O) groups excluding carboxylic acids is 1. The molecule has 0 aliphatic rings. The Morgan fingerprint density at radius 3 is 2.30 bits per heavy atom. The van der Waals surface area contributed by atoms with Gasteiger partial charge in [-0.2, -0.15) is 5.10 Å². The molecule has 4 aromatic rings. The number of para-hydroxylation sites is 1. The summed E-state index contributed by atoms with van der Waals surface area (Å²) in [6.45, 7) is -0.164. The molecule has 206 valence electrons. The number of ether oxygens (including phenoxy) is 2. The van der Waals surface area contributed by atoms with Gasteiger partial charge in [0.15, 0.2) is 11.5 Å². The standard InChI is InChI=1S/C29H25BrClN3O5S/c1-38-27-17-22(16-26(30)29(27)39-20-21-12-14-23(31)15-13-21)18-32-33-28(35)19-34(24-8-4-2-5-9-24)40(36,37)25-10-6-3-7-11-25/h2-18H,19-20H2,1H3,(H,33,35)/b32-18-. The summed E-state index contributed by atoms with van der Waals surface area (Å²) in [4.78, 5) is 12.9. The normalized spacial score (nSPS) is 11.3.